The first-order valence-corrected chi connectivity index (χ1v) is 4.61. The number of nitrogen functional groups attached to an aromatic ring is 1. The van der Waals surface area contributed by atoms with Crippen LogP contribution < -0.4 is 5.73 Å². The maximum atomic E-state index is 5.52. The lowest BCUT2D eigenvalue weighted by atomic mass is 10.3. The fourth-order valence-electron chi connectivity index (χ4n) is 1.03. The minimum Gasteiger partial charge on any atom is -0.397 e. The van der Waals surface area contributed by atoms with E-state index in [9.17, 15) is 0 Å². The molecule has 0 saturated heterocycles. The lowest BCUT2D eigenvalue weighted by Gasteiger charge is -1.89. The maximum Gasteiger partial charge on any atom is 0.0524 e. The Balaban J connectivity index is 0.000000146. The number of aryl methyl sites for hydroxylation is 1. The molecule has 0 unspecified atom stereocenters. The minimum absolute atomic E-state index is 0.868. The third-order valence-corrected chi connectivity index (χ3v) is 1.79. The molecule has 2 aromatic heterocycles. The predicted octanol–water partition coefficient (Wildman–Crippen LogP) is 2.24. The van der Waals surface area contributed by atoms with Crippen LogP contribution in [0.3, 0.4) is 0 Å². The average Bonchev–Trinajstić information content (AvgIpc) is 2.67. The topological polar surface area (TPSA) is 54.7 Å². The number of hydrogen-bond donors (Lipinski definition) is 2. The molecular formula is C11H15N3. The van der Waals surface area contributed by atoms with E-state index in [0.717, 1.165) is 17.8 Å². The second kappa shape index (κ2) is 5.80. The third-order valence-electron chi connectivity index (χ3n) is 1.79. The summed E-state index contributed by atoms with van der Waals surface area (Å²) in [6.07, 6.45) is 6.34. The Morgan fingerprint density at radius 3 is 2.21 bits per heavy atom. The number of nitrogens with two attached hydrogens (primary N) is 1. The molecule has 0 radical (unpaired) electrons. The second-order valence-electron chi connectivity index (χ2n) is 2.79. The van der Waals surface area contributed by atoms with Crippen molar-refractivity contribution >= 4 is 5.69 Å². The van der Waals surface area contributed by atoms with Gasteiger partial charge in [-0.25, -0.2) is 0 Å². The summed E-state index contributed by atoms with van der Waals surface area (Å²) in [5.74, 6) is 0. The van der Waals surface area contributed by atoms with Crippen molar-refractivity contribution in [1.82, 2.24) is 9.97 Å². The molecule has 3 heteroatoms. The summed E-state index contributed by atoms with van der Waals surface area (Å²) in [5, 5.41) is 0. The molecule has 0 aliphatic carbocycles. The van der Waals surface area contributed by atoms with E-state index in [0.29, 0.717) is 0 Å². The maximum absolute atomic E-state index is 5.52. The van der Waals surface area contributed by atoms with Gasteiger partial charge < -0.3 is 10.7 Å². The fourth-order valence-corrected chi connectivity index (χ4v) is 1.03. The summed E-state index contributed by atoms with van der Waals surface area (Å²) in [4.78, 5) is 6.81. The van der Waals surface area contributed by atoms with Crippen LogP contribution in [-0.4, -0.2) is 9.97 Å². The Hall–Kier alpha value is -1.77. The highest BCUT2D eigenvalue weighted by Gasteiger charge is 1.92. The fraction of sp³-hybridized carbons (Fsp3) is 0.182. The second-order valence-corrected chi connectivity index (χ2v) is 2.79. The SMILES string of the molecule is CCc1[nH]ccc1N.c1ccncc1. The Labute approximate surface area is 84.0 Å². The number of aromatic nitrogens is 2. The standard InChI is InChI=1S/C6H10N2.C5H5N/c1-2-6-5(7)3-4-8-6;1-2-4-6-5-3-1/h3-4,8H,2,7H2,1H3;1-5H. The van der Waals surface area contributed by atoms with Gasteiger partial charge in [-0.3, -0.25) is 4.98 Å². The van der Waals surface area contributed by atoms with Gasteiger partial charge in [0, 0.05) is 24.3 Å². The van der Waals surface area contributed by atoms with E-state index in [1.165, 1.54) is 0 Å². The molecule has 3 nitrogen and oxygen atoms in total. The zero-order valence-corrected chi connectivity index (χ0v) is 8.27. The van der Waals surface area contributed by atoms with Crippen LogP contribution >= 0.6 is 0 Å². The molecule has 14 heavy (non-hydrogen) atoms. The highest BCUT2D eigenvalue weighted by Crippen LogP contribution is 2.07. The van der Waals surface area contributed by atoms with Crippen molar-refractivity contribution in [3.63, 3.8) is 0 Å². The lowest BCUT2D eigenvalue weighted by molar-refractivity contribution is 1.07. The first kappa shape index (κ1) is 10.3. The van der Waals surface area contributed by atoms with Gasteiger partial charge in [-0.05, 0) is 24.6 Å². The van der Waals surface area contributed by atoms with Gasteiger partial charge in [0.25, 0.3) is 0 Å². The monoisotopic (exact) mass is 189 g/mol. The normalized spacial score (nSPS) is 8.93. The number of aromatic amines is 1. The Kier molecular flexibility index (Phi) is 4.27. The van der Waals surface area contributed by atoms with Crippen LogP contribution in [0.5, 0.6) is 0 Å². The largest absolute Gasteiger partial charge is 0.397 e. The van der Waals surface area contributed by atoms with Crippen LogP contribution in [0.15, 0.2) is 42.9 Å². The van der Waals surface area contributed by atoms with Crippen LogP contribution in [0, 0.1) is 0 Å². The van der Waals surface area contributed by atoms with Crippen molar-refractivity contribution in [3.05, 3.63) is 48.5 Å². The van der Waals surface area contributed by atoms with Crippen molar-refractivity contribution in [2.24, 2.45) is 0 Å². The van der Waals surface area contributed by atoms with E-state index in [1.807, 2.05) is 30.5 Å². The molecule has 0 fully saturated rings. The summed E-state index contributed by atoms with van der Waals surface area (Å²) in [7, 11) is 0. The molecule has 2 rings (SSSR count). The number of rotatable bonds is 1. The van der Waals surface area contributed by atoms with Crippen LogP contribution in [0.1, 0.15) is 12.6 Å². The first-order valence-electron chi connectivity index (χ1n) is 4.61. The van der Waals surface area contributed by atoms with Gasteiger partial charge in [0.1, 0.15) is 0 Å². The summed E-state index contributed by atoms with van der Waals surface area (Å²) in [6.45, 7) is 2.07. The van der Waals surface area contributed by atoms with Gasteiger partial charge in [-0.15, -0.1) is 0 Å². The molecule has 0 aliphatic heterocycles. The molecule has 3 N–H and O–H groups in total. The summed E-state index contributed by atoms with van der Waals surface area (Å²) >= 11 is 0. The number of anilines is 1. The summed E-state index contributed by atoms with van der Waals surface area (Å²) < 4.78 is 0. The quantitative estimate of drug-likeness (QED) is 0.722. The zero-order valence-electron chi connectivity index (χ0n) is 8.27. The van der Waals surface area contributed by atoms with E-state index in [-0.39, 0.29) is 0 Å². The molecule has 0 spiro atoms. The van der Waals surface area contributed by atoms with Gasteiger partial charge in [0.15, 0.2) is 0 Å². The Morgan fingerprint density at radius 2 is 2.00 bits per heavy atom. The summed E-state index contributed by atoms with van der Waals surface area (Å²) in [6, 6.07) is 7.59. The predicted molar refractivity (Wildman–Crippen MR) is 58.8 cm³/mol. The van der Waals surface area contributed by atoms with Crippen LogP contribution in [-0.2, 0) is 6.42 Å². The average molecular weight is 189 g/mol. The van der Waals surface area contributed by atoms with E-state index in [4.69, 9.17) is 5.73 Å². The van der Waals surface area contributed by atoms with E-state index in [2.05, 4.69) is 16.9 Å². The molecule has 0 amide bonds. The van der Waals surface area contributed by atoms with E-state index < -0.39 is 0 Å². The third kappa shape index (κ3) is 3.31. The smallest absolute Gasteiger partial charge is 0.0524 e. The van der Waals surface area contributed by atoms with Gasteiger partial charge in [-0.1, -0.05) is 13.0 Å². The Morgan fingerprint density at radius 1 is 1.29 bits per heavy atom. The molecular weight excluding hydrogens is 174 g/mol. The van der Waals surface area contributed by atoms with Gasteiger partial charge in [0.05, 0.1) is 5.69 Å². The first-order chi connectivity index (χ1) is 6.84. The molecule has 0 aliphatic rings. The number of H-pyrrole nitrogens is 1. The molecule has 74 valence electrons. The van der Waals surface area contributed by atoms with Crippen LogP contribution in [0.2, 0.25) is 0 Å². The van der Waals surface area contributed by atoms with Crippen molar-refractivity contribution < 1.29 is 0 Å². The molecule has 0 atom stereocenters. The highest BCUT2D eigenvalue weighted by molar-refractivity contribution is 5.42. The van der Waals surface area contributed by atoms with Crippen molar-refractivity contribution in [1.29, 1.82) is 0 Å². The highest BCUT2D eigenvalue weighted by atomic mass is 14.7. The van der Waals surface area contributed by atoms with Crippen molar-refractivity contribution in [2.75, 3.05) is 5.73 Å². The number of nitrogens with zero attached hydrogens (tertiary/aromatic N) is 1. The molecule has 0 saturated carbocycles. The molecule has 0 aromatic carbocycles. The number of hydrogen-bond acceptors (Lipinski definition) is 2. The molecule has 2 aromatic rings. The number of pyridine rings is 1. The van der Waals surface area contributed by atoms with Gasteiger partial charge >= 0.3 is 0 Å². The minimum atomic E-state index is 0.868. The van der Waals surface area contributed by atoms with Crippen molar-refractivity contribution in [3.8, 4) is 0 Å². The van der Waals surface area contributed by atoms with Gasteiger partial charge in [0.2, 0.25) is 0 Å². The zero-order chi connectivity index (χ0) is 10.2. The Bertz CT molecular complexity index is 314. The van der Waals surface area contributed by atoms with Crippen LogP contribution in [0.4, 0.5) is 5.69 Å². The van der Waals surface area contributed by atoms with Gasteiger partial charge in [-0.2, -0.15) is 0 Å². The molecule has 0 bridgehead atoms. The van der Waals surface area contributed by atoms with E-state index >= 15 is 0 Å². The van der Waals surface area contributed by atoms with Crippen molar-refractivity contribution in [2.45, 2.75) is 13.3 Å². The number of nitrogens with one attached hydrogen (secondary N) is 1. The van der Waals surface area contributed by atoms with E-state index in [1.54, 1.807) is 12.4 Å². The summed E-state index contributed by atoms with van der Waals surface area (Å²) in [5.41, 5.74) is 7.52. The lowest BCUT2D eigenvalue weighted by Crippen LogP contribution is -1.87. The van der Waals surface area contributed by atoms with Crippen LogP contribution in [0.25, 0.3) is 0 Å². The molecule has 2 heterocycles.